The summed E-state index contributed by atoms with van der Waals surface area (Å²) in [7, 11) is 0. The van der Waals surface area contributed by atoms with Crippen molar-refractivity contribution in [1.29, 1.82) is 0 Å². The predicted molar refractivity (Wildman–Crippen MR) is 245 cm³/mol. The Morgan fingerprint density at radius 2 is 1.27 bits per heavy atom. The van der Waals surface area contributed by atoms with Crippen LogP contribution in [0.15, 0.2) is 231 Å². The van der Waals surface area contributed by atoms with Crippen molar-refractivity contribution >= 4 is 40.2 Å². The lowest BCUT2D eigenvalue weighted by Gasteiger charge is -2.29. The lowest BCUT2D eigenvalue weighted by Crippen LogP contribution is -2.17. The molecule has 1 nitrogen and oxygen atoms in total. The quantitative estimate of drug-likeness (QED) is 0.116. The first-order valence-electron chi connectivity index (χ1n) is 19.2. The maximum absolute atomic E-state index is 4.70. The van der Waals surface area contributed by atoms with Crippen LogP contribution in [0.5, 0.6) is 0 Å². The second kappa shape index (κ2) is 17.9. The highest BCUT2D eigenvalue weighted by atomic mass is 15.1. The third kappa shape index (κ3) is 8.54. The molecule has 0 atom stereocenters. The van der Waals surface area contributed by atoms with Crippen LogP contribution in [-0.4, -0.2) is 0 Å². The maximum Gasteiger partial charge on any atom is 0.0468 e. The van der Waals surface area contributed by atoms with E-state index in [4.69, 9.17) is 6.58 Å². The molecule has 0 spiro atoms. The molecule has 5 aromatic carbocycles. The minimum atomic E-state index is 0.788. The van der Waals surface area contributed by atoms with E-state index >= 15 is 0 Å². The molecule has 0 N–H and O–H groups in total. The molecule has 0 fully saturated rings. The summed E-state index contributed by atoms with van der Waals surface area (Å²) in [6, 6.07) is 45.3. The topological polar surface area (TPSA) is 3.24 Å². The number of allylic oxidation sites excluding steroid dienone is 16. The third-order valence-electron chi connectivity index (χ3n) is 10.2. The number of fused-ring (bicyclic) bond motifs is 1. The molecule has 0 saturated carbocycles. The van der Waals surface area contributed by atoms with Gasteiger partial charge in [0.15, 0.2) is 0 Å². The Morgan fingerprint density at radius 3 is 1.93 bits per heavy atom. The zero-order valence-electron chi connectivity index (χ0n) is 32.1. The van der Waals surface area contributed by atoms with Crippen molar-refractivity contribution in [2.75, 3.05) is 4.90 Å². The Kier molecular flexibility index (Phi) is 11.9. The third-order valence-corrected chi connectivity index (χ3v) is 10.2. The van der Waals surface area contributed by atoms with Crippen LogP contribution in [0.25, 0.3) is 40.0 Å². The zero-order valence-corrected chi connectivity index (χ0v) is 32.1. The number of nitrogens with zero attached hydrogens (tertiary/aromatic N) is 1. The van der Waals surface area contributed by atoms with Gasteiger partial charge in [0, 0.05) is 22.6 Å². The average molecular weight is 722 g/mol. The lowest BCUT2D eigenvalue weighted by atomic mass is 9.91. The van der Waals surface area contributed by atoms with Gasteiger partial charge in [-0.2, -0.15) is 0 Å². The zero-order chi connectivity index (χ0) is 38.7. The predicted octanol–water partition coefficient (Wildman–Crippen LogP) is 15.2. The first-order chi connectivity index (χ1) is 27.6. The van der Waals surface area contributed by atoms with Crippen LogP contribution in [0.2, 0.25) is 0 Å². The van der Waals surface area contributed by atoms with Gasteiger partial charge in [-0.1, -0.05) is 196 Å². The van der Waals surface area contributed by atoms with Gasteiger partial charge in [-0.3, -0.25) is 0 Å². The molecule has 2 aliphatic carbocycles. The van der Waals surface area contributed by atoms with Gasteiger partial charge in [-0.25, -0.2) is 0 Å². The van der Waals surface area contributed by atoms with Crippen molar-refractivity contribution in [3.05, 3.63) is 259 Å². The molecule has 1 heteroatoms. The molecule has 0 bridgehead atoms. The molecule has 5 aromatic rings. The summed E-state index contributed by atoms with van der Waals surface area (Å²) in [5.74, 6) is 0. The van der Waals surface area contributed by atoms with Gasteiger partial charge < -0.3 is 4.90 Å². The highest BCUT2D eigenvalue weighted by Gasteiger charge is 2.19. The van der Waals surface area contributed by atoms with Crippen LogP contribution in [0.4, 0.5) is 11.4 Å². The van der Waals surface area contributed by atoms with E-state index in [-0.39, 0.29) is 0 Å². The first-order valence-corrected chi connectivity index (χ1v) is 19.2. The summed E-state index contributed by atoms with van der Waals surface area (Å²) in [6.45, 7) is 15.0. The number of hydrogen-bond donors (Lipinski definition) is 0. The van der Waals surface area contributed by atoms with E-state index < -0.39 is 0 Å². The highest BCUT2D eigenvalue weighted by molar-refractivity contribution is 5.91. The Morgan fingerprint density at radius 1 is 0.643 bits per heavy atom. The van der Waals surface area contributed by atoms with Crippen LogP contribution in [0.1, 0.15) is 47.6 Å². The summed E-state index contributed by atoms with van der Waals surface area (Å²) >= 11 is 0. The van der Waals surface area contributed by atoms with Crippen molar-refractivity contribution in [2.45, 2.75) is 19.8 Å². The second-order valence-electron chi connectivity index (χ2n) is 13.8. The summed E-state index contributed by atoms with van der Waals surface area (Å²) in [5, 5.41) is 0. The molecular formula is C55H47N. The first kappa shape index (κ1) is 37.4. The van der Waals surface area contributed by atoms with Gasteiger partial charge in [0.25, 0.3) is 0 Å². The van der Waals surface area contributed by atoms with E-state index in [2.05, 4.69) is 194 Å². The monoisotopic (exact) mass is 721 g/mol. The molecule has 0 amide bonds. The molecular weight excluding hydrogens is 675 g/mol. The largest absolute Gasteiger partial charge is 0.310 e. The fourth-order valence-corrected chi connectivity index (χ4v) is 7.26. The van der Waals surface area contributed by atoms with Crippen molar-refractivity contribution in [3.8, 4) is 11.1 Å². The van der Waals surface area contributed by atoms with Crippen LogP contribution in [-0.2, 0) is 0 Å². The molecule has 0 heterocycles. The SMILES string of the molecule is C=C/C=C(\C(=C)N(c1ccc(C2=CC=C(/C(C=C)=C/C=C\C)CC(c3ccc4c(c3)C=CCC=C4)=C2)cc1)c1ccc(-c2ccccc2)cc1)c1ccccc1. The Balaban J connectivity index is 1.30. The van der Waals surface area contributed by atoms with E-state index in [9.17, 15) is 0 Å². The van der Waals surface area contributed by atoms with Crippen LogP contribution in [0.3, 0.4) is 0 Å². The van der Waals surface area contributed by atoms with E-state index in [1.165, 1.54) is 33.4 Å². The van der Waals surface area contributed by atoms with Gasteiger partial charge in [-0.05, 0) is 111 Å². The fraction of sp³-hybridized carbons (Fsp3) is 0.0545. The molecule has 7 rings (SSSR count). The van der Waals surface area contributed by atoms with Crippen molar-refractivity contribution in [2.24, 2.45) is 0 Å². The van der Waals surface area contributed by atoms with Gasteiger partial charge in [0.1, 0.15) is 0 Å². The second-order valence-corrected chi connectivity index (χ2v) is 13.8. The standard InChI is InChI=1S/C55H47N/c1-5-8-19-42(7-3)49-28-29-50(40-52(39-49)51-27-26-44-22-14-10-17-25-48(44)38-51)46-32-36-54(37-33-46)56(41(4)55(18-6-2)47-23-15-11-16-24-47)53-34-30-45(31-35-53)43-20-12-9-13-21-43/h5-9,11-38,40H,2-4,10,39H2,1H3/b8-5-,42-19+,55-18+. The summed E-state index contributed by atoms with van der Waals surface area (Å²) in [5.41, 5.74) is 16.9. The van der Waals surface area contributed by atoms with Gasteiger partial charge in [0.2, 0.25) is 0 Å². The maximum atomic E-state index is 4.70. The van der Waals surface area contributed by atoms with Gasteiger partial charge in [-0.15, -0.1) is 0 Å². The average Bonchev–Trinajstić information content (AvgIpc) is 3.63. The van der Waals surface area contributed by atoms with E-state index in [1.807, 2.05) is 37.3 Å². The molecule has 0 aromatic heterocycles. The van der Waals surface area contributed by atoms with Crippen molar-refractivity contribution < 1.29 is 0 Å². The molecule has 0 saturated heterocycles. The molecule has 0 aliphatic heterocycles. The highest BCUT2D eigenvalue weighted by Crippen LogP contribution is 2.39. The van der Waals surface area contributed by atoms with Gasteiger partial charge in [0.05, 0.1) is 0 Å². The number of benzene rings is 5. The summed E-state index contributed by atoms with van der Waals surface area (Å²) < 4.78 is 0. The molecule has 2 aliphatic rings. The summed E-state index contributed by atoms with van der Waals surface area (Å²) in [4.78, 5) is 2.24. The van der Waals surface area contributed by atoms with Crippen LogP contribution >= 0.6 is 0 Å². The van der Waals surface area contributed by atoms with Crippen molar-refractivity contribution in [3.63, 3.8) is 0 Å². The number of hydrogen-bond acceptors (Lipinski definition) is 1. The molecule has 0 radical (unpaired) electrons. The smallest absolute Gasteiger partial charge is 0.0468 e. The Labute approximate surface area is 333 Å². The van der Waals surface area contributed by atoms with Crippen molar-refractivity contribution in [1.82, 2.24) is 0 Å². The Hall–Kier alpha value is -6.96. The normalized spacial score (nSPS) is 14.2. The van der Waals surface area contributed by atoms with E-state index in [0.29, 0.717) is 0 Å². The summed E-state index contributed by atoms with van der Waals surface area (Å²) in [6.07, 6.45) is 29.6. The lowest BCUT2D eigenvalue weighted by molar-refractivity contribution is 1.22. The van der Waals surface area contributed by atoms with E-state index in [1.54, 1.807) is 0 Å². The minimum absolute atomic E-state index is 0.788. The van der Waals surface area contributed by atoms with Crippen LogP contribution in [0, 0.1) is 0 Å². The molecule has 0 unspecified atom stereocenters. The molecule has 272 valence electrons. The Bertz CT molecular complexity index is 2470. The minimum Gasteiger partial charge on any atom is -0.310 e. The van der Waals surface area contributed by atoms with Crippen LogP contribution < -0.4 is 4.90 Å². The fourth-order valence-electron chi connectivity index (χ4n) is 7.26. The van der Waals surface area contributed by atoms with E-state index in [0.717, 1.165) is 63.3 Å². The number of rotatable bonds is 12. The number of anilines is 2. The molecule has 56 heavy (non-hydrogen) atoms. The van der Waals surface area contributed by atoms with Gasteiger partial charge >= 0.3 is 0 Å².